The molecule has 0 aliphatic carbocycles. The first-order chi connectivity index (χ1) is 7.95. The molecule has 0 aromatic carbocycles. The van der Waals surface area contributed by atoms with Gasteiger partial charge in [-0.05, 0) is 6.42 Å². The zero-order valence-corrected chi connectivity index (χ0v) is 12.0. The molecule has 0 saturated carbocycles. The first-order valence-electron chi connectivity index (χ1n) is 6.65. The van der Waals surface area contributed by atoms with Crippen molar-refractivity contribution in [2.24, 2.45) is 0 Å². The molecular weight excluding hydrogens is 236 g/mol. The lowest BCUT2D eigenvalue weighted by Gasteiger charge is -2.01. The van der Waals surface area contributed by atoms with Crippen LogP contribution in [0.5, 0.6) is 0 Å². The van der Waals surface area contributed by atoms with Crippen LogP contribution in [-0.4, -0.2) is 26.2 Å². The number of carbonyl (C=O) groups excluding carboxylic acids is 1. The molecule has 0 aliphatic rings. The van der Waals surface area contributed by atoms with Crippen LogP contribution in [0.3, 0.4) is 0 Å². The van der Waals surface area contributed by atoms with Crippen molar-refractivity contribution in [1.82, 2.24) is 0 Å². The highest BCUT2D eigenvalue weighted by Gasteiger charge is 2.09. The Bertz CT molecular complexity index is 294. The van der Waals surface area contributed by atoms with E-state index in [9.17, 15) is 13.2 Å². The summed E-state index contributed by atoms with van der Waals surface area (Å²) in [6.07, 6.45) is 11.0. The van der Waals surface area contributed by atoms with E-state index in [4.69, 9.17) is 0 Å². The van der Waals surface area contributed by atoms with Crippen LogP contribution in [0.15, 0.2) is 0 Å². The van der Waals surface area contributed by atoms with Crippen molar-refractivity contribution in [1.29, 1.82) is 0 Å². The molecule has 0 unspecified atom stereocenters. The summed E-state index contributed by atoms with van der Waals surface area (Å²) in [5.74, 6) is -0.428. The molecule has 0 aromatic rings. The molecule has 0 heterocycles. The van der Waals surface area contributed by atoms with Gasteiger partial charge < -0.3 is 0 Å². The third-order valence-electron chi connectivity index (χ3n) is 2.73. The molecule has 102 valence electrons. The van der Waals surface area contributed by atoms with Gasteiger partial charge in [0.15, 0.2) is 9.84 Å². The van der Waals surface area contributed by atoms with E-state index in [0.717, 1.165) is 25.5 Å². The zero-order valence-electron chi connectivity index (χ0n) is 11.2. The van der Waals surface area contributed by atoms with Gasteiger partial charge in [0, 0.05) is 12.7 Å². The fraction of sp³-hybridized carbons (Fsp3) is 0.923. The number of hydrogen-bond acceptors (Lipinski definition) is 3. The average Bonchev–Trinajstić information content (AvgIpc) is 2.19. The lowest BCUT2D eigenvalue weighted by Crippen LogP contribution is -2.13. The zero-order chi connectivity index (χ0) is 13.1. The van der Waals surface area contributed by atoms with Crippen LogP contribution < -0.4 is 0 Å². The molecule has 0 spiro atoms. The highest BCUT2D eigenvalue weighted by atomic mass is 32.2. The minimum atomic E-state index is -3.13. The van der Waals surface area contributed by atoms with Gasteiger partial charge in [0.05, 0.1) is 0 Å². The van der Waals surface area contributed by atoms with Gasteiger partial charge in [0.2, 0.25) is 0 Å². The number of Topliss-reactive ketones (excluding diaryl/α,β-unsaturated/α-hetero) is 1. The van der Waals surface area contributed by atoms with Gasteiger partial charge in [-0.1, -0.05) is 51.9 Å². The van der Waals surface area contributed by atoms with E-state index in [1.165, 1.54) is 32.1 Å². The smallest absolute Gasteiger partial charge is 0.154 e. The topological polar surface area (TPSA) is 51.2 Å². The highest BCUT2D eigenvalue weighted by molar-refractivity contribution is 7.91. The Kier molecular flexibility index (Phi) is 9.41. The fourth-order valence-electron chi connectivity index (χ4n) is 1.82. The number of sulfone groups is 1. The average molecular weight is 262 g/mol. The minimum Gasteiger partial charge on any atom is -0.299 e. The molecule has 0 amide bonds. The van der Waals surface area contributed by atoms with Crippen molar-refractivity contribution in [2.45, 2.75) is 64.7 Å². The van der Waals surface area contributed by atoms with E-state index >= 15 is 0 Å². The number of rotatable bonds is 11. The van der Waals surface area contributed by atoms with Gasteiger partial charge in [-0.15, -0.1) is 0 Å². The minimum absolute atomic E-state index is 0.140. The normalized spacial score (nSPS) is 11.6. The number of hydrogen-bond donors (Lipinski definition) is 0. The molecule has 0 aliphatic heterocycles. The standard InChI is InChI=1S/C13H26O3S/c1-3-4-5-6-7-8-9-10-11-13(14)12-17(2,15)16/h3-12H2,1-2H3. The van der Waals surface area contributed by atoms with Crippen molar-refractivity contribution in [3.63, 3.8) is 0 Å². The molecule has 0 saturated heterocycles. The van der Waals surface area contributed by atoms with Crippen LogP contribution in [0.25, 0.3) is 0 Å². The number of ketones is 1. The van der Waals surface area contributed by atoms with E-state index in [1.807, 2.05) is 0 Å². The largest absolute Gasteiger partial charge is 0.299 e. The summed E-state index contributed by atoms with van der Waals surface area (Å²) < 4.78 is 21.7. The van der Waals surface area contributed by atoms with Crippen LogP contribution in [-0.2, 0) is 14.6 Å². The van der Waals surface area contributed by atoms with Crippen molar-refractivity contribution in [2.75, 3.05) is 12.0 Å². The Morgan fingerprint density at radius 1 is 0.882 bits per heavy atom. The summed E-state index contributed by atoms with van der Waals surface area (Å²) >= 11 is 0. The van der Waals surface area contributed by atoms with Gasteiger partial charge in [-0.3, -0.25) is 4.79 Å². The summed E-state index contributed by atoms with van der Waals surface area (Å²) in [6, 6.07) is 0. The van der Waals surface area contributed by atoms with E-state index < -0.39 is 9.84 Å². The maximum atomic E-state index is 11.3. The van der Waals surface area contributed by atoms with Crippen molar-refractivity contribution < 1.29 is 13.2 Å². The monoisotopic (exact) mass is 262 g/mol. The van der Waals surface area contributed by atoms with Crippen LogP contribution in [0, 0.1) is 0 Å². The van der Waals surface area contributed by atoms with Gasteiger partial charge in [0.1, 0.15) is 11.5 Å². The summed E-state index contributed by atoms with van der Waals surface area (Å²) in [6.45, 7) is 2.20. The van der Waals surface area contributed by atoms with Crippen LogP contribution in [0.1, 0.15) is 64.7 Å². The Morgan fingerprint density at radius 3 is 1.82 bits per heavy atom. The SMILES string of the molecule is CCCCCCCCCCC(=O)CS(C)(=O)=O. The Morgan fingerprint density at radius 2 is 1.35 bits per heavy atom. The molecule has 0 fully saturated rings. The quantitative estimate of drug-likeness (QED) is 0.537. The summed E-state index contributed by atoms with van der Waals surface area (Å²) in [4.78, 5) is 11.3. The molecule has 0 aromatic heterocycles. The highest BCUT2D eigenvalue weighted by Crippen LogP contribution is 2.09. The third kappa shape index (κ3) is 13.6. The molecule has 17 heavy (non-hydrogen) atoms. The molecule has 3 nitrogen and oxygen atoms in total. The maximum Gasteiger partial charge on any atom is 0.154 e. The van der Waals surface area contributed by atoms with Gasteiger partial charge >= 0.3 is 0 Å². The Hall–Kier alpha value is -0.380. The van der Waals surface area contributed by atoms with E-state index in [1.54, 1.807) is 0 Å². The molecule has 0 rings (SSSR count). The van der Waals surface area contributed by atoms with Gasteiger partial charge in [0.25, 0.3) is 0 Å². The van der Waals surface area contributed by atoms with Gasteiger partial charge in [-0.25, -0.2) is 8.42 Å². The lowest BCUT2D eigenvalue weighted by molar-refractivity contribution is -0.116. The van der Waals surface area contributed by atoms with Crippen molar-refractivity contribution in [3.8, 4) is 0 Å². The summed E-state index contributed by atoms with van der Waals surface area (Å²) in [5, 5.41) is 0. The Labute approximate surface area is 106 Å². The van der Waals surface area contributed by atoms with E-state index in [-0.39, 0.29) is 11.5 Å². The first kappa shape index (κ1) is 16.6. The van der Waals surface area contributed by atoms with Crippen LogP contribution in [0.2, 0.25) is 0 Å². The van der Waals surface area contributed by atoms with E-state index in [2.05, 4.69) is 6.92 Å². The van der Waals surface area contributed by atoms with Crippen LogP contribution >= 0.6 is 0 Å². The third-order valence-corrected chi connectivity index (χ3v) is 3.58. The van der Waals surface area contributed by atoms with Crippen molar-refractivity contribution in [3.05, 3.63) is 0 Å². The number of carbonyl (C=O) groups is 1. The molecule has 0 bridgehead atoms. The second kappa shape index (κ2) is 9.63. The predicted octanol–water partition coefficient (Wildman–Crippen LogP) is 3.13. The first-order valence-corrected chi connectivity index (χ1v) is 8.71. The number of unbranched alkanes of at least 4 members (excludes halogenated alkanes) is 7. The van der Waals surface area contributed by atoms with Crippen molar-refractivity contribution >= 4 is 15.6 Å². The summed E-state index contributed by atoms with van der Waals surface area (Å²) in [7, 11) is -3.13. The molecule has 0 N–H and O–H groups in total. The Balaban J connectivity index is 3.31. The van der Waals surface area contributed by atoms with E-state index in [0.29, 0.717) is 6.42 Å². The second-order valence-electron chi connectivity index (χ2n) is 4.83. The molecule has 0 atom stereocenters. The summed E-state index contributed by atoms with van der Waals surface area (Å²) in [5.41, 5.74) is 0. The molecule has 0 radical (unpaired) electrons. The predicted molar refractivity (Wildman–Crippen MR) is 71.9 cm³/mol. The van der Waals surface area contributed by atoms with Gasteiger partial charge in [-0.2, -0.15) is 0 Å². The molecule has 4 heteroatoms. The lowest BCUT2D eigenvalue weighted by atomic mass is 10.1. The fourth-order valence-corrected chi connectivity index (χ4v) is 2.55. The van der Waals surface area contributed by atoms with Crippen LogP contribution in [0.4, 0.5) is 0 Å². The maximum absolute atomic E-state index is 11.3. The second-order valence-corrected chi connectivity index (χ2v) is 6.97. The molecular formula is C13H26O3S.